The van der Waals surface area contributed by atoms with Crippen molar-refractivity contribution in [2.45, 2.75) is 46.8 Å². The predicted molar refractivity (Wildman–Crippen MR) is 80.0 cm³/mol. The summed E-state index contributed by atoms with van der Waals surface area (Å²) in [6.07, 6.45) is 3.38. The molecule has 0 bridgehead atoms. The lowest BCUT2D eigenvalue weighted by Crippen LogP contribution is -2.27. The van der Waals surface area contributed by atoms with Crippen molar-refractivity contribution in [3.05, 3.63) is 24.0 Å². The second-order valence-corrected chi connectivity index (χ2v) is 5.81. The van der Waals surface area contributed by atoms with Crippen molar-refractivity contribution in [2.75, 3.05) is 5.32 Å². The van der Waals surface area contributed by atoms with Gasteiger partial charge in [-0.1, -0.05) is 0 Å². The molecule has 0 aliphatic heterocycles. The number of aryl methyl sites for hydroxylation is 2. The van der Waals surface area contributed by atoms with Gasteiger partial charge >= 0.3 is 6.09 Å². The summed E-state index contributed by atoms with van der Waals surface area (Å²) < 4.78 is 7.35. The van der Waals surface area contributed by atoms with Crippen molar-refractivity contribution < 1.29 is 9.53 Å². The number of pyridine rings is 1. The van der Waals surface area contributed by atoms with E-state index in [2.05, 4.69) is 34.9 Å². The summed E-state index contributed by atoms with van der Waals surface area (Å²) in [7, 11) is 0. The number of nitrogens with zero attached hydrogens (tertiary/aromatic N) is 2. The zero-order chi connectivity index (χ0) is 14.9. The molecule has 0 aliphatic rings. The Labute approximate surface area is 118 Å². The fraction of sp³-hybridized carbons (Fsp3) is 0.467. The molecule has 108 valence electrons. The molecule has 5 nitrogen and oxygen atoms in total. The van der Waals surface area contributed by atoms with Crippen molar-refractivity contribution in [1.29, 1.82) is 0 Å². The van der Waals surface area contributed by atoms with Crippen molar-refractivity contribution in [3.8, 4) is 0 Å². The molecular formula is C15H21N3O2. The van der Waals surface area contributed by atoms with E-state index in [4.69, 9.17) is 4.74 Å². The van der Waals surface area contributed by atoms with Gasteiger partial charge in [0.15, 0.2) is 0 Å². The van der Waals surface area contributed by atoms with Gasteiger partial charge in [-0.3, -0.25) is 5.32 Å². The van der Waals surface area contributed by atoms with Gasteiger partial charge in [-0.15, -0.1) is 0 Å². The van der Waals surface area contributed by atoms with Gasteiger partial charge < -0.3 is 9.30 Å². The van der Waals surface area contributed by atoms with Crippen molar-refractivity contribution in [3.63, 3.8) is 0 Å². The minimum atomic E-state index is -0.519. The minimum absolute atomic E-state index is 0.490. The molecule has 1 N–H and O–H groups in total. The average Bonchev–Trinajstić information content (AvgIpc) is 2.63. The topological polar surface area (TPSA) is 56.2 Å². The van der Waals surface area contributed by atoms with E-state index in [1.54, 1.807) is 6.20 Å². The lowest BCUT2D eigenvalue weighted by molar-refractivity contribution is 0.0635. The normalized spacial score (nSPS) is 11.7. The highest BCUT2D eigenvalue weighted by molar-refractivity contribution is 5.89. The molecule has 2 rings (SSSR count). The Balaban J connectivity index is 2.26. The Hall–Kier alpha value is -2.04. The summed E-state index contributed by atoms with van der Waals surface area (Å²) in [5.41, 5.74) is 1.72. The van der Waals surface area contributed by atoms with Crippen LogP contribution in [0.4, 0.5) is 10.6 Å². The van der Waals surface area contributed by atoms with Crippen molar-refractivity contribution in [2.24, 2.45) is 0 Å². The van der Waals surface area contributed by atoms with Crippen LogP contribution in [0.25, 0.3) is 10.9 Å². The number of ether oxygens (including phenoxy) is 1. The monoisotopic (exact) mass is 275 g/mol. The second kappa shape index (κ2) is 5.15. The van der Waals surface area contributed by atoms with Crippen LogP contribution in [-0.2, 0) is 11.3 Å². The van der Waals surface area contributed by atoms with Gasteiger partial charge in [0.2, 0.25) is 0 Å². The fourth-order valence-corrected chi connectivity index (χ4v) is 2.10. The Kier molecular flexibility index (Phi) is 3.70. The van der Waals surface area contributed by atoms with Crippen molar-refractivity contribution in [1.82, 2.24) is 9.55 Å². The molecule has 2 aromatic rings. The third-order valence-electron chi connectivity index (χ3n) is 2.94. The molecule has 20 heavy (non-hydrogen) atoms. The maximum absolute atomic E-state index is 11.7. The molecule has 0 saturated carbocycles. The van der Waals surface area contributed by atoms with Crippen LogP contribution >= 0.6 is 0 Å². The van der Waals surface area contributed by atoms with E-state index < -0.39 is 11.7 Å². The number of carbonyl (C=O) groups is 1. The predicted octanol–water partition coefficient (Wildman–Crippen LogP) is 3.71. The average molecular weight is 275 g/mol. The SMILES string of the molecule is CCn1cc(C)c2cnc(NC(=O)OC(C)(C)C)cc21. The first-order valence-electron chi connectivity index (χ1n) is 6.75. The molecule has 5 heteroatoms. The Morgan fingerprint density at radius 2 is 2.15 bits per heavy atom. The van der Waals surface area contributed by atoms with Gasteiger partial charge in [0.25, 0.3) is 0 Å². The van der Waals surface area contributed by atoms with E-state index in [1.807, 2.05) is 26.8 Å². The molecular weight excluding hydrogens is 254 g/mol. The molecule has 2 aromatic heterocycles. The molecule has 2 heterocycles. The summed E-state index contributed by atoms with van der Waals surface area (Å²) in [6, 6.07) is 1.87. The molecule has 0 radical (unpaired) electrons. The molecule has 0 saturated heterocycles. The summed E-state index contributed by atoms with van der Waals surface area (Å²) in [6.45, 7) is 10.5. The smallest absolute Gasteiger partial charge is 0.413 e. The van der Waals surface area contributed by atoms with Gasteiger partial charge in [0.1, 0.15) is 11.4 Å². The van der Waals surface area contributed by atoms with Gasteiger partial charge in [0.05, 0.1) is 5.52 Å². The number of carbonyl (C=O) groups excluding carboxylic acids is 1. The van der Waals surface area contributed by atoms with E-state index in [0.29, 0.717) is 5.82 Å². The number of fused-ring (bicyclic) bond motifs is 1. The van der Waals surface area contributed by atoms with Gasteiger partial charge in [-0.05, 0) is 40.2 Å². The Morgan fingerprint density at radius 3 is 2.75 bits per heavy atom. The molecule has 0 unspecified atom stereocenters. The molecule has 0 aliphatic carbocycles. The van der Waals surface area contributed by atoms with Crippen LogP contribution in [0, 0.1) is 6.92 Å². The third kappa shape index (κ3) is 3.10. The van der Waals surface area contributed by atoms with Crippen LogP contribution in [0.5, 0.6) is 0 Å². The number of rotatable bonds is 2. The number of hydrogen-bond acceptors (Lipinski definition) is 3. The first-order chi connectivity index (χ1) is 9.30. The maximum Gasteiger partial charge on any atom is 0.413 e. The lowest BCUT2D eigenvalue weighted by atomic mass is 10.2. The van der Waals surface area contributed by atoms with E-state index in [9.17, 15) is 4.79 Å². The zero-order valence-electron chi connectivity index (χ0n) is 12.7. The quantitative estimate of drug-likeness (QED) is 0.909. The highest BCUT2D eigenvalue weighted by Crippen LogP contribution is 2.22. The molecule has 0 spiro atoms. The Bertz CT molecular complexity index is 638. The molecule has 0 fully saturated rings. The number of aromatic nitrogens is 2. The highest BCUT2D eigenvalue weighted by atomic mass is 16.6. The van der Waals surface area contributed by atoms with E-state index >= 15 is 0 Å². The zero-order valence-corrected chi connectivity index (χ0v) is 12.7. The summed E-state index contributed by atoms with van der Waals surface area (Å²) in [5, 5.41) is 3.76. The van der Waals surface area contributed by atoms with Crippen LogP contribution in [0.2, 0.25) is 0 Å². The summed E-state index contributed by atoms with van der Waals surface area (Å²) in [4.78, 5) is 16.0. The lowest BCUT2D eigenvalue weighted by Gasteiger charge is -2.19. The van der Waals surface area contributed by atoms with Crippen LogP contribution < -0.4 is 5.32 Å². The summed E-state index contributed by atoms with van der Waals surface area (Å²) in [5.74, 6) is 0.500. The number of hydrogen-bond donors (Lipinski definition) is 1. The van der Waals surface area contributed by atoms with Gasteiger partial charge in [-0.2, -0.15) is 0 Å². The molecule has 1 amide bonds. The number of nitrogens with one attached hydrogen (secondary N) is 1. The standard InChI is InChI=1S/C15H21N3O2/c1-6-18-9-10(2)11-8-16-13(7-12(11)18)17-14(19)20-15(3,4)5/h7-9H,6H2,1-5H3,(H,16,17,19). The van der Waals surface area contributed by atoms with Crippen LogP contribution in [-0.4, -0.2) is 21.2 Å². The first kappa shape index (κ1) is 14.4. The van der Waals surface area contributed by atoms with Gasteiger partial charge in [-0.25, -0.2) is 9.78 Å². The minimum Gasteiger partial charge on any atom is -0.444 e. The second-order valence-electron chi connectivity index (χ2n) is 5.81. The third-order valence-corrected chi connectivity index (χ3v) is 2.94. The fourth-order valence-electron chi connectivity index (χ4n) is 2.10. The number of anilines is 1. The summed E-state index contributed by atoms with van der Waals surface area (Å²) >= 11 is 0. The van der Waals surface area contributed by atoms with E-state index in [-0.39, 0.29) is 0 Å². The van der Waals surface area contributed by atoms with E-state index in [0.717, 1.165) is 17.4 Å². The molecule has 0 aromatic carbocycles. The van der Waals surface area contributed by atoms with Crippen molar-refractivity contribution >= 4 is 22.8 Å². The van der Waals surface area contributed by atoms with Crippen LogP contribution in [0.3, 0.4) is 0 Å². The largest absolute Gasteiger partial charge is 0.444 e. The van der Waals surface area contributed by atoms with Gasteiger partial charge in [0, 0.05) is 30.4 Å². The Morgan fingerprint density at radius 1 is 1.45 bits per heavy atom. The first-order valence-corrected chi connectivity index (χ1v) is 6.75. The van der Waals surface area contributed by atoms with Crippen LogP contribution in [0.15, 0.2) is 18.5 Å². The highest BCUT2D eigenvalue weighted by Gasteiger charge is 2.17. The van der Waals surface area contributed by atoms with E-state index in [1.165, 1.54) is 5.56 Å². The van der Waals surface area contributed by atoms with Crippen LogP contribution in [0.1, 0.15) is 33.3 Å². The number of amides is 1. The maximum atomic E-state index is 11.7. The molecule has 0 atom stereocenters.